The van der Waals surface area contributed by atoms with E-state index in [1.165, 1.54) is 122 Å². The molecule has 0 aliphatic rings. The molecule has 2 unspecified atom stereocenters. The molecule has 0 saturated heterocycles. The van der Waals surface area contributed by atoms with E-state index in [4.69, 9.17) is 18.5 Å². The molecule has 0 amide bonds. The maximum atomic E-state index is 12.5. The Hall–Kier alpha value is -1.21. The summed E-state index contributed by atoms with van der Waals surface area (Å²) in [5.74, 6) is -0.798. The van der Waals surface area contributed by atoms with Gasteiger partial charge in [-0.05, 0) is 45.4 Å². The highest BCUT2D eigenvalue weighted by Crippen LogP contribution is 2.43. The summed E-state index contributed by atoms with van der Waals surface area (Å²) < 4.78 is 32.6. The number of hydrogen-bond acceptors (Lipinski definition) is 7. The number of unbranched alkanes of at least 4 members (excludes halogenated alkanes) is 25. The Kier molecular flexibility index (Phi) is 36.6. The second-order valence-electron chi connectivity index (χ2n) is 14.0. The first-order chi connectivity index (χ1) is 24.3. The van der Waals surface area contributed by atoms with Crippen LogP contribution in [0.5, 0.6) is 0 Å². The maximum Gasteiger partial charge on any atom is 0.472 e. The van der Waals surface area contributed by atoms with E-state index < -0.39 is 26.5 Å². The molecule has 0 aliphatic carbocycles. The van der Waals surface area contributed by atoms with Crippen molar-refractivity contribution in [2.45, 2.75) is 219 Å². The average molecular weight is 731 g/mol. The number of hydrogen-bond donors (Lipinski definition) is 1. The molecule has 50 heavy (non-hydrogen) atoms. The summed E-state index contributed by atoms with van der Waals surface area (Å²) in [4.78, 5) is 34.7. The average Bonchev–Trinajstić information content (AvgIpc) is 3.09. The molecular formula is C41H79O8P. The predicted molar refractivity (Wildman–Crippen MR) is 207 cm³/mol. The Labute approximate surface area is 308 Å². The molecule has 0 bridgehead atoms. The lowest BCUT2D eigenvalue weighted by molar-refractivity contribution is -0.161. The fourth-order valence-electron chi connectivity index (χ4n) is 5.98. The van der Waals surface area contributed by atoms with E-state index >= 15 is 0 Å². The van der Waals surface area contributed by atoms with Crippen molar-refractivity contribution in [1.82, 2.24) is 0 Å². The van der Waals surface area contributed by atoms with Crippen molar-refractivity contribution in [3.63, 3.8) is 0 Å². The van der Waals surface area contributed by atoms with Gasteiger partial charge in [0.2, 0.25) is 0 Å². The van der Waals surface area contributed by atoms with Gasteiger partial charge in [-0.1, -0.05) is 167 Å². The molecule has 9 heteroatoms. The third-order valence-electron chi connectivity index (χ3n) is 9.07. The number of phosphoric ester groups is 1. The SMILES string of the molecule is CCCCCC/C=C\CCCCCCCC(=O)OC(COC(=O)CCCCCCCCCCCCCCCCCCC)COP(=O)(O)OCC. The van der Waals surface area contributed by atoms with Crippen LogP contribution in [-0.4, -0.2) is 42.8 Å². The van der Waals surface area contributed by atoms with Crippen LogP contribution in [0.1, 0.15) is 213 Å². The van der Waals surface area contributed by atoms with Crippen molar-refractivity contribution in [1.29, 1.82) is 0 Å². The minimum absolute atomic E-state index is 0.00189. The zero-order chi connectivity index (χ0) is 36.8. The van der Waals surface area contributed by atoms with Crippen LogP contribution in [0.4, 0.5) is 0 Å². The number of esters is 2. The summed E-state index contributed by atoms with van der Waals surface area (Å²) >= 11 is 0. The highest BCUT2D eigenvalue weighted by Gasteiger charge is 2.25. The molecule has 0 rings (SSSR count). The van der Waals surface area contributed by atoms with E-state index in [1.54, 1.807) is 6.92 Å². The van der Waals surface area contributed by atoms with Crippen LogP contribution in [-0.2, 0) is 32.7 Å². The van der Waals surface area contributed by atoms with Crippen LogP contribution < -0.4 is 0 Å². The van der Waals surface area contributed by atoms with Gasteiger partial charge in [-0.25, -0.2) is 4.57 Å². The monoisotopic (exact) mass is 731 g/mol. The largest absolute Gasteiger partial charge is 0.472 e. The molecule has 0 aromatic carbocycles. The Balaban J connectivity index is 4.06. The van der Waals surface area contributed by atoms with Gasteiger partial charge in [-0.3, -0.25) is 18.6 Å². The van der Waals surface area contributed by atoms with Crippen LogP contribution in [0, 0.1) is 0 Å². The normalized spacial score (nSPS) is 13.4. The van der Waals surface area contributed by atoms with Crippen LogP contribution in [0.3, 0.4) is 0 Å². The second-order valence-corrected chi connectivity index (χ2v) is 15.5. The molecule has 0 aromatic rings. The van der Waals surface area contributed by atoms with Gasteiger partial charge < -0.3 is 14.4 Å². The first-order valence-electron chi connectivity index (χ1n) is 21.0. The number of allylic oxidation sites excluding steroid dienone is 2. The molecule has 0 radical (unpaired) electrons. The molecule has 1 N–H and O–H groups in total. The summed E-state index contributed by atoms with van der Waals surface area (Å²) in [7, 11) is -4.27. The van der Waals surface area contributed by atoms with E-state index in [0.717, 1.165) is 51.4 Å². The molecule has 0 spiro atoms. The van der Waals surface area contributed by atoms with Gasteiger partial charge in [0.05, 0.1) is 13.2 Å². The zero-order valence-electron chi connectivity index (χ0n) is 32.8. The third kappa shape index (κ3) is 36.6. The van der Waals surface area contributed by atoms with Crippen molar-refractivity contribution in [2.75, 3.05) is 19.8 Å². The predicted octanol–water partition coefficient (Wildman–Crippen LogP) is 12.9. The Morgan fingerprint density at radius 1 is 0.520 bits per heavy atom. The lowest BCUT2D eigenvalue weighted by Gasteiger charge is -2.19. The highest BCUT2D eigenvalue weighted by molar-refractivity contribution is 7.47. The topological polar surface area (TPSA) is 108 Å². The fourth-order valence-corrected chi connectivity index (χ4v) is 6.73. The van der Waals surface area contributed by atoms with Gasteiger partial charge in [0.1, 0.15) is 6.61 Å². The second kappa shape index (κ2) is 37.5. The highest BCUT2D eigenvalue weighted by atomic mass is 31.2. The van der Waals surface area contributed by atoms with Gasteiger partial charge in [-0.15, -0.1) is 0 Å². The number of phosphoric acid groups is 1. The Morgan fingerprint density at radius 3 is 1.34 bits per heavy atom. The van der Waals surface area contributed by atoms with Crippen LogP contribution in [0.15, 0.2) is 12.2 Å². The van der Waals surface area contributed by atoms with E-state index in [9.17, 15) is 19.0 Å². The van der Waals surface area contributed by atoms with Gasteiger partial charge in [0.15, 0.2) is 6.10 Å². The molecule has 0 aromatic heterocycles. The Morgan fingerprint density at radius 2 is 0.900 bits per heavy atom. The Bertz CT molecular complexity index is 833. The first-order valence-corrected chi connectivity index (χ1v) is 22.5. The van der Waals surface area contributed by atoms with E-state index in [0.29, 0.717) is 12.8 Å². The lowest BCUT2D eigenvalue weighted by atomic mass is 10.0. The smallest absolute Gasteiger partial charge is 0.462 e. The molecular weight excluding hydrogens is 651 g/mol. The third-order valence-corrected chi connectivity index (χ3v) is 10.1. The summed E-state index contributed by atoms with van der Waals surface area (Å²) in [6.07, 6.45) is 38.3. The molecule has 0 heterocycles. The standard InChI is InChI=1S/C41H79O8P/c1-4-7-9-11-13-15-17-19-20-21-22-24-25-27-29-31-33-35-40(42)46-37-39(38-48-50(44,45)47-6-3)49-41(43)36-34-32-30-28-26-23-18-16-14-12-10-8-5-2/h16,18,39H,4-15,17,19-38H2,1-3H3,(H,44,45)/b18-16-. The molecule has 0 saturated carbocycles. The maximum absolute atomic E-state index is 12.5. The lowest BCUT2D eigenvalue weighted by Crippen LogP contribution is -2.29. The minimum Gasteiger partial charge on any atom is -0.462 e. The summed E-state index contributed by atoms with van der Waals surface area (Å²) in [6, 6.07) is 0. The molecule has 2 atom stereocenters. The van der Waals surface area contributed by atoms with Crippen LogP contribution >= 0.6 is 7.82 Å². The molecule has 0 aliphatic heterocycles. The first kappa shape index (κ1) is 48.8. The van der Waals surface area contributed by atoms with Crippen molar-refractivity contribution in [3.05, 3.63) is 12.2 Å². The summed E-state index contributed by atoms with van der Waals surface area (Å²) in [5, 5.41) is 0. The summed E-state index contributed by atoms with van der Waals surface area (Å²) in [6.45, 7) is 5.47. The number of rotatable bonds is 39. The van der Waals surface area contributed by atoms with E-state index in [2.05, 4.69) is 26.0 Å². The molecule has 0 fully saturated rings. The number of carbonyl (C=O) groups excluding carboxylic acids is 2. The van der Waals surface area contributed by atoms with E-state index in [1.807, 2.05) is 0 Å². The number of ether oxygens (including phenoxy) is 2. The van der Waals surface area contributed by atoms with Crippen molar-refractivity contribution >= 4 is 19.8 Å². The number of carbonyl (C=O) groups is 2. The zero-order valence-corrected chi connectivity index (χ0v) is 33.7. The van der Waals surface area contributed by atoms with E-state index in [-0.39, 0.29) is 25.6 Å². The minimum atomic E-state index is -4.27. The quantitative estimate of drug-likeness (QED) is 0.0288. The van der Waals surface area contributed by atoms with Gasteiger partial charge in [-0.2, -0.15) is 0 Å². The van der Waals surface area contributed by atoms with Crippen molar-refractivity contribution < 1.29 is 37.6 Å². The fraction of sp³-hybridized carbons (Fsp3) is 0.902. The van der Waals surface area contributed by atoms with Gasteiger partial charge >= 0.3 is 19.8 Å². The van der Waals surface area contributed by atoms with Crippen LogP contribution in [0.25, 0.3) is 0 Å². The summed E-state index contributed by atoms with van der Waals surface area (Å²) in [5.41, 5.74) is 0. The van der Waals surface area contributed by atoms with Crippen LogP contribution in [0.2, 0.25) is 0 Å². The van der Waals surface area contributed by atoms with Crippen molar-refractivity contribution in [2.24, 2.45) is 0 Å². The molecule has 296 valence electrons. The molecule has 8 nitrogen and oxygen atoms in total. The van der Waals surface area contributed by atoms with Crippen molar-refractivity contribution in [3.8, 4) is 0 Å². The van der Waals surface area contributed by atoms with Gasteiger partial charge in [0, 0.05) is 12.8 Å². The van der Waals surface area contributed by atoms with Gasteiger partial charge in [0.25, 0.3) is 0 Å².